The van der Waals surface area contributed by atoms with Crippen LogP contribution in [0.4, 0.5) is 0 Å². The molecule has 4 aromatic rings. The molecule has 0 saturated carbocycles. The van der Waals surface area contributed by atoms with Crippen LogP contribution in [-0.4, -0.2) is 41.9 Å². The Morgan fingerprint density at radius 2 is 2.03 bits per heavy atom. The third-order valence-electron chi connectivity index (χ3n) is 6.04. The summed E-state index contributed by atoms with van der Waals surface area (Å²) in [4.78, 5) is 18.7. The van der Waals surface area contributed by atoms with E-state index in [0.29, 0.717) is 6.54 Å². The van der Waals surface area contributed by atoms with Crippen molar-refractivity contribution in [2.75, 3.05) is 6.54 Å². The van der Waals surface area contributed by atoms with Crippen molar-refractivity contribution < 1.29 is 4.79 Å². The molecule has 1 amide bonds. The molecule has 3 aromatic heterocycles. The molecule has 0 N–H and O–H groups in total. The Bertz CT molecular complexity index is 1300. The largest absolute Gasteiger partial charge is 0.338 e. The molecule has 0 aliphatic carbocycles. The first kappa shape index (κ1) is 19.5. The van der Waals surface area contributed by atoms with Gasteiger partial charge >= 0.3 is 0 Å². The molecule has 0 bridgehead atoms. The number of pyridine rings is 1. The molecule has 5 rings (SSSR count). The van der Waals surface area contributed by atoms with Crippen molar-refractivity contribution >= 4 is 16.7 Å². The second kappa shape index (κ2) is 7.34. The van der Waals surface area contributed by atoms with Crippen molar-refractivity contribution in [2.45, 2.75) is 39.8 Å². The monoisotopic (exact) mass is 414 g/mol. The highest BCUT2D eigenvalue weighted by Gasteiger charge is 2.28. The number of aromatic nitrogens is 5. The van der Waals surface area contributed by atoms with E-state index in [1.54, 1.807) is 11.6 Å². The van der Waals surface area contributed by atoms with Gasteiger partial charge < -0.3 is 4.90 Å². The van der Waals surface area contributed by atoms with Crippen LogP contribution in [0.15, 0.2) is 42.9 Å². The molecule has 7 heteroatoms. The molecule has 158 valence electrons. The third-order valence-corrected chi connectivity index (χ3v) is 6.04. The van der Waals surface area contributed by atoms with Crippen LogP contribution in [0.1, 0.15) is 38.1 Å². The number of rotatable bonds is 3. The van der Waals surface area contributed by atoms with Gasteiger partial charge in [0, 0.05) is 79.7 Å². The lowest BCUT2D eigenvalue weighted by atomic mass is 9.97. The molecule has 0 radical (unpaired) electrons. The van der Waals surface area contributed by atoms with Gasteiger partial charge in [0.15, 0.2) is 0 Å². The van der Waals surface area contributed by atoms with Crippen LogP contribution in [-0.2, 0) is 24.8 Å². The molecule has 0 unspecified atom stereocenters. The number of aryl methyl sites for hydroxylation is 1. The zero-order valence-corrected chi connectivity index (χ0v) is 18.3. The molecule has 31 heavy (non-hydrogen) atoms. The van der Waals surface area contributed by atoms with Gasteiger partial charge in [-0.05, 0) is 25.3 Å². The lowest BCUT2D eigenvalue weighted by Crippen LogP contribution is -2.34. The maximum Gasteiger partial charge on any atom is 0.219 e. The normalized spacial score (nSPS) is 13.8. The van der Waals surface area contributed by atoms with Crippen LogP contribution in [0, 0.1) is 0 Å². The standard InChI is InChI=1S/C24H26N6O/c1-15(2)30-23-8-9-29(16(3)31)14-21(23)24(27-30)19-7-5-6-17-10-22(25-12-20(17)19)18-11-26-28(4)13-18/h5-7,10-13,15H,8-9,14H2,1-4H3. The van der Waals surface area contributed by atoms with Crippen molar-refractivity contribution in [3.8, 4) is 22.5 Å². The number of hydrogen-bond donors (Lipinski definition) is 0. The summed E-state index contributed by atoms with van der Waals surface area (Å²) >= 11 is 0. The Morgan fingerprint density at radius 1 is 1.19 bits per heavy atom. The van der Waals surface area contributed by atoms with E-state index in [1.165, 1.54) is 5.69 Å². The van der Waals surface area contributed by atoms with Crippen molar-refractivity contribution in [1.82, 2.24) is 29.4 Å². The first-order chi connectivity index (χ1) is 14.9. The van der Waals surface area contributed by atoms with E-state index >= 15 is 0 Å². The zero-order valence-electron chi connectivity index (χ0n) is 18.3. The Kier molecular flexibility index (Phi) is 4.61. The van der Waals surface area contributed by atoms with Crippen LogP contribution < -0.4 is 0 Å². The molecule has 1 aliphatic rings. The van der Waals surface area contributed by atoms with Gasteiger partial charge in [0.2, 0.25) is 5.91 Å². The van der Waals surface area contributed by atoms with E-state index in [9.17, 15) is 4.79 Å². The number of carbonyl (C=O) groups is 1. The highest BCUT2D eigenvalue weighted by atomic mass is 16.2. The molecule has 7 nitrogen and oxygen atoms in total. The molecule has 0 atom stereocenters. The van der Waals surface area contributed by atoms with Gasteiger partial charge in [-0.1, -0.05) is 18.2 Å². The fourth-order valence-electron chi connectivity index (χ4n) is 4.45. The second-order valence-corrected chi connectivity index (χ2v) is 8.50. The Morgan fingerprint density at radius 3 is 2.74 bits per heavy atom. The molecule has 1 aromatic carbocycles. The summed E-state index contributed by atoms with van der Waals surface area (Å²) in [5.41, 5.74) is 6.29. The van der Waals surface area contributed by atoms with Gasteiger partial charge in [0.1, 0.15) is 0 Å². The quantitative estimate of drug-likeness (QED) is 0.508. The molecular formula is C24H26N6O. The van der Waals surface area contributed by atoms with Crippen LogP contribution in [0.2, 0.25) is 0 Å². The van der Waals surface area contributed by atoms with E-state index in [4.69, 9.17) is 10.1 Å². The van der Waals surface area contributed by atoms with Gasteiger partial charge in [-0.25, -0.2) is 0 Å². The lowest BCUT2D eigenvalue weighted by Gasteiger charge is -2.27. The topological polar surface area (TPSA) is 68.8 Å². The number of fused-ring (bicyclic) bond motifs is 2. The van der Waals surface area contributed by atoms with Gasteiger partial charge in [0.05, 0.1) is 17.6 Å². The summed E-state index contributed by atoms with van der Waals surface area (Å²) < 4.78 is 3.90. The van der Waals surface area contributed by atoms with Crippen LogP contribution in [0.25, 0.3) is 33.3 Å². The first-order valence-corrected chi connectivity index (χ1v) is 10.7. The Labute approximate surface area is 181 Å². The smallest absolute Gasteiger partial charge is 0.219 e. The van der Waals surface area contributed by atoms with Crippen molar-refractivity contribution in [1.29, 1.82) is 0 Å². The predicted molar refractivity (Wildman–Crippen MR) is 120 cm³/mol. The van der Waals surface area contributed by atoms with Crippen LogP contribution >= 0.6 is 0 Å². The average Bonchev–Trinajstić information content (AvgIpc) is 3.36. The predicted octanol–water partition coefficient (Wildman–Crippen LogP) is 3.98. The van der Waals surface area contributed by atoms with E-state index < -0.39 is 0 Å². The number of amides is 1. The first-order valence-electron chi connectivity index (χ1n) is 10.7. The molecule has 0 spiro atoms. The van der Waals surface area contributed by atoms with E-state index in [-0.39, 0.29) is 11.9 Å². The summed E-state index contributed by atoms with van der Waals surface area (Å²) in [5, 5.41) is 11.5. The van der Waals surface area contributed by atoms with Gasteiger partial charge in [-0.3, -0.25) is 19.1 Å². The Hall–Kier alpha value is -3.48. The molecule has 1 aliphatic heterocycles. The number of benzene rings is 1. The van der Waals surface area contributed by atoms with Crippen LogP contribution in [0.5, 0.6) is 0 Å². The highest BCUT2D eigenvalue weighted by Crippen LogP contribution is 2.36. The number of nitrogens with zero attached hydrogens (tertiary/aromatic N) is 6. The minimum Gasteiger partial charge on any atom is -0.338 e. The fourth-order valence-corrected chi connectivity index (χ4v) is 4.45. The maximum absolute atomic E-state index is 12.1. The SMILES string of the molecule is CC(=O)N1CCc2c(c(-c3cccc4cc(-c5cnn(C)c5)ncc34)nn2C(C)C)C1. The number of carbonyl (C=O) groups excluding carboxylic acids is 1. The second-order valence-electron chi connectivity index (χ2n) is 8.50. The zero-order chi connectivity index (χ0) is 21.7. The van der Waals surface area contributed by atoms with E-state index in [2.05, 4.69) is 47.9 Å². The summed E-state index contributed by atoms with van der Waals surface area (Å²) in [6.45, 7) is 7.29. The highest BCUT2D eigenvalue weighted by molar-refractivity contribution is 5.97. The fraction of sp³-hybridized carbons (Fsp3) is 0.333. The Balaban J connectivity index is 1.66. The molecule has 0 fully saturated rings. The molecule has 0 saturated heterocycles. The summed E-state index contributed by atoms with van der Waals surface area (Å²) in [6, 6.07) is 8.64. The summed E-state index contributed by atoms with van der Waals surface area (Å²) in [7, 11) is 1.90. The van der Waals surface area contributed by atoms with Crippen molar-refractivity contribution in [3.05, 3.63) is 54.1 Å². The van der Waals surface area contributed by atoms with Gasteiger partial charge in [-0.15, -0.1) is 0 Å². The summed E-state index contributed by atoms with van der Waals surface area (Å²) in [6.07, 6.45) is 6.55. The molecule has 4 heterocycles. The lowest BCUT2D eigenvalue weighted by molar-refractivity contribution is -0.129. The third kappa shape index (κ3) is 3.30. The molecular weight excluding hydrogens is 388 g/mol. The van der Waals surface area contributed by atoms with Gasteiger partial charge in [0.25, 0.3) is 0 Å². The van der Waals surface area contributed by atoms with Crippen molar-refractivity contribution in [3.63, 3.8) is 0 Å². The van der Waals surface area contributed by atoms with Gasteiger partial charge in [-0.2, -0.15) is 10.2 Å². The average molecular weight is 415 g/mol. The van der Waals surface area contributed by atoms with E-state index in [0.717, 1.165) is 51.8 Å². The summed E-state index contributed by atoms with van der Waals surface area (Å²) in [5.74, 6) is 0.106. The minimum absolute atomic E-state index is 0.106. The van der Waals surface area contributed by atoms with E-state index in [1.807, 2.05) is 30.5 Å². The van der Waals surface area contributed by atoms with Crippen LogP contribution in [0.3, 0.4) is 0 Å². The number of hydrogen-bond acceptors (Lipinski definition) is 4. The maximum atomic E-state index is 12.1. The van der Waals surface area contributed by atoms with Crippen molar-refractivity contribution in [2.24, 2.45) is 7.05 Å². The minimum atomic E-state index is 0.106.